The van der Waals surface area contributed by atoms with E-state index < -0.39 is 0 Å². The van der Waals surface area contributed by atoms with Crippen molar-refractivity contribution in [3.63, 3.8) is 0 Å². The number of nitrogens with one attached hydrogen (secondary N) is 1. The van der Waals surface area contributed by atoms with Gasteiger partial charge in [-0.1, -0.05) is 6.07 Å². The average Bonchev–Trinajstić information content (AvgIpc) is 2.85. The molecular formula is C15H9IN4. The van der Waals surface area contributed by atoms with Crippen molar-refractivity contribution in [2.24, 2.45) is 0 Å². The summed E-state index contributed by atoms with van der Waals surface area (Å²) in [5.41, 5.74) is 3.67. The van der Waals surface area contributed by atoms with Gasteiger partial charge in [0.05, 0.1) is 16.9 Å². The number of H-pyrrole nitrogens is 1. The third-order valence-electron chi connectivity index (χ3n) is 3.24. The van der Waals surface area contributed by atoms with E-state index in [-0.39, 0.29) is 0 Å². The maximum Gasteiger partial charge on any atom is 0.139 e. The molecule has 4 aromatic heterocycles. The van der Waals surface area contributed by atoms with Crippen LogP contribution in [0.3, 0.4) is 0 Å². The highest BCUT2D eigenvalue weighted by atomic mass is 127. The first kappa shape index (κ1) is 11.8. The van der Waals surface area contributed by atoms with E-state index in [1.165, 1.54) is 0 Å². The highest BCUT2D eigenvalue weighted by Gasteiger charge is 2.08. The fraction of sp³-hybridized carbons (Fsp3) is 0. The molecule has 96 valence electrons. The summed E-state index contributed by atoms with van der Waals surface area (Å²) in [4.78, 5) is 16.7. The molecule has 4 nitrogen and oxygen atoms in total. The van der Waals surface area contributed by atoms with E-state index >= 15 is 0 Å². The van der Waals surface area contributed by atoms with Gasteiger partial charge in [0.1, 0.15) is 9.35 Å². The lowest BCUT2D eigenvalue weighted by Crippen LogP contribution is -1.89. The summed E-state index contributed by atoms with van der Waals surface area (Å²) in [6, 6.07) is 12.0. The molecule has 0 aliphatic heterocycles. The van der Waals surface area contributed by atoms with Gasteiger partial charge in [-0.3, -0.25) is 4.98 Å². The molecule has 1 N–H and O–H groups in total. The molecule has 20 heavy (non-hydrogen) atoms. The molecule has 0 aliphatic carbocycles. The molecule has 0 fully saturated rings. The van der Waals surface area contributed by atoms with Crippen LogP contribution in [0.15, 0.2) is 48.8 Å². The maximum absolute atomic E-state index is 4.67. The Morgan fingerprint density at radius 1 is 0.900 bits per heavy atom. The highest BCUT2D eigenvalue weighted by molar-refractivity contribution is 14.1. The lowest BCUT2D eigenvalue weighted by atomic mass is 10.2. The van der Waals surface area contributed by atoms with Crippen molar-refractivity contribution in [1.82, 2.24) is 19.9 Å². The van der Waals surface area contributed by atoms with Crippen molar-refractivity contribution in [3.8, 4) is 11.4 Å². The van der Waals surface area contributed by atoms with Gasteiger partial charge in [0.2, 0.25) is 0 Å². The summed E-state index contributed by atoms with van der Waals surface area (Å²) < 4.78 is 0.961. The first-order valence-corrected chi connectivity index (χ1v) is 7.24. The molecular weight excluding hydrogens is 363 g/mol. The third kappa shape index (κ3) is 1.85. The van der Waals surface area contributed by atoms with E-state index in [1.807, 2.05) is 36.5 Å². The van der Waals surface area contributed by atoms with E-state index in [1.54, 1.807) is 6.20 Å². The Hall–Kier alpha value is -2.02. The minimum absolute atomic E-state index is 0.867. The SMILES string of the molecule is Ic1cccc(-c2ccc3c(n2)[nH]c2ccncc23)n1. The van der Waals surface area contributed by atoms with Gasteiger partial charge in [-0.25, -0.2) is 9.97 Å². The second kappa shape index (κ2) is 4.52. The molecule has 4 heterocycles. The third-order valence-corrected chi connectivity index (χ3v) is 3.84. The first-order chi connectivity index (χ1) is 9.81. The van der Waals surface area contributed by atoms with Crippen LogP contribution in [0.1, 0.15) is 0 Å². The Morgan fingerprint density at radius 3 is 2.70 bits per heavy atom. The number of aromatic amines is 1. The van der Waals surface area contributed by atoms with Gasteiger partial charge in [-0.2, -0.15) is 0 Å². The zero-order chi connectivity index (χ0) is 13.5. The molecule has 5 heteroatoms. The second-order valence-corrected chi connectivity index (χ2v) is 5.59. The van der Waals surface area contributed by atoms with Gasteiger partial charge < -0.3 is 4.98 Å². The fourth-order valence-corrected chi connectivity index (χ4v) is 2.78. The second-order valence-electron chi connectivity index (χ2n) is 4.48. The topological polar surface area (TPSA) is 54.5 Å². The Balaban J connectivity index is 1.97. The van der Waals surface area contributed by atoms with Crippen LogP contribution in [0.5, 0.6) is 0 Å². The minimum Gasteiger partial charge on any atom is -0.339 e. The van der Waals surface area contributed by atoms with Gasteiger partial charge in [-0.15, -0.1) is 0 Å². The van der Waals surface area contributed by atoms with Gasteiger partial charge in [0.15, 0.2) is 0 Å². The van der Waals surface area contributed by atoms with Crippen molar-refractivity contribution in [2.75, 3.05) is 0 Å². The van der Waals surface area contributed by atoms with E-state index in [0.717, 1.165) is 37.0 Å². The summed E-state index contributed by atoms with van der Waals surface area (Å²) in [7, 11) is 0. The van der Waals surface area contributed by atoms with Crippen molar-refractivity contribution in [1.29, 1.82) is 0 Å². The van der Waals surface area contributed by atoms with E-state index in [2.05, 4.69) is 48.6 Å². The normalized spacial score (nSPS) is 11.2. The van der Waals surface area contributed by atoms with Gasteiger partial charge in [0.25, 0.3) is 0 Å². The Labute approximate surface area is 128 Å². The molecule has 4 aromatic rings. The van der Waals surface area contributed by atoms with Crippen molar-refractivity contribution in [3.05, 3.63) is 52.5 Å². The Bertz CT molecular complexity index is 929. The molecule has 0 radical (unpaired) electrons. The largest absolute Gasteiger partial charge is 0.339 e. The van der Waals surface area contributed by atoms with Crippen molar-refractivity contribution >= 4 is 44.5 Å². The molecule has 0 aromatic carbocycles. The van der Waals surface area contributed by atoms with Crippen LogP contribution >= 0.6 is 22.6 Å². The maximum atomic E-state index is 4.67. The Morgan fingerprint density at radius 2 is 1.80 bits per heavy atom. The molecule has 4 rings (SSSR count). The molecule has 0 saturated carbocycles. The molecule has 0 aliphatic rings. The molecule has 0 saturated heterocycles. The van der Waals surface area contributed by atoms with Crippen LogP contribution in [-0.4, -0.2) is 19.9 Å². The van der Waals surface area contributed by atoms with Crippen LogP contribution in [0.2, 0.25) is 0 Å². The van der Waals surface area contributed by atoms with Gasteiger partial charge in [0, 0.05) is 23.2 Å². The van der Waals surface area contributed by atoms with E-state index in [0.29, 0.717) is 0 Å². The van der Waals surface area contributed by atoms with Crippen molar-refractivity contribution < 1.29 is 0 Å². The highest BCUT2D eigenvalue weighted by Crippen LogP contribution is 2.25. The number of halogens is 1. The fourth-order valence-electron chi connectivity index (χ4n) is 2.31. The van der Waals surface area contributed by atoms with E-state index in [9.17, 15) is 0 Å². The van der Waals surface area contributed by atoms with Gasteiger partial charge >= 0.3 is 0 Å². The summed E-state index contributed by atoms with van der Waals surface area (Å²) in [6.45, 7) is 0. The first-order valence-electron chi connectivity index (χ1n) is 6.17. The number of aromatic nitrogens is 4. The zero-order valence-corrected chi connectivity index (χ0v) is 12.5. The number of pyridine rings is 3. The number of rotatable bonds is 1. The standard InChI is InChI=1S/C15H9IN4/c16-14-3-1-2-12(18-14)13-5-4-9-10-8-17-7-6-11(10)19-15(9)20-13/h1-8H,(H,19,20). The number of nitrogens with zero attached hydrogens (tertiary/aromatic N) is 3. The minimum atomic E-state index is 0.867. The van der Waals surface area contributed by atoms with Crippen LogP contribution in [-0.2, 0) is 0 Å². The zero-order valence-electron chi connectivity index (χ0n) is 10.3. The number of fused-ring (bicyclic) bond motifs is 3. The summed E-state index contributed by atoms with van der Waals surface area (Å²) in [5.74, 6) is 0. The van der Waals surface area contributed by atoms with E-state index in [4.69, 9.17) is 0 Å². The molecule has 0 bridgehead atoms. The number of hydrogen-bond acceptors (Lipinski definition) is 3. The van der Waals surface area contributed by atoms with Crippen LogP contribution in [0, 0.1) is 3.70 Å². The predicted octanol–water partition coefficient (Wildman–Crippen LogP) is 3.78. The molecule has 0 spiro atoms. The van der Waals surface area contributed by atoms with Gasteiger partial charge in [-0.05, 0) is 52.9 Å². The monoisotopic (exact) mass is 372 g/mol. The summed E-state index contributed by atoms with van der Waals surface area (Å²) >= 11 is 2.21. The lowest BCUT2D eigenvalue weighted by molar-refractivity contribution is 1.23. The van der Waals surface area contributed by atoms with Crippen molar-refractivity contribution in [2.45, 2.75) is 0 Å². The van der Waals surface area contributed by atoms with Crippen LogP contribution in [0.4, 0.5) is 0 Å². The quantitative estimate of drug-likeness (QED) is 0.409. The molecule has 0 amide bonds. The predicted molar refractivity (Wildman–Crippen MR) is 87.3 cm³/mol. The Kier molecular flexibility index (Phi) is 2.66. The summed E-state index contributed by atoms with van der Waals surface area (Å²) in [6.07, 6.45) is 3.64. The smallest absolute Gasteiger partial charge is 0.139 e. The molecule has 0 atom stereocenters. The molecule has 0 unspecified atom stereocenters. The average molecular weight is 372 g/mol. The van der Waals surface area contributed by atoms with Crippen LogP contribution in [0.25, 0.3) is 33.3 Å². The van der Waals surface area contributed by atoms with Crippen LogP contribution < -0.4 is 0 Å². The lowest BCUT2D eigenvalue weighted by Gasteiger charge is -2.00. The summed E-state index contributed by atoms with van der Waals surface area (Å²) in [5, 5.41) is 2.18. The number of hydrogen-bond donors (Lipinski definition) is 1.